The monoisotopic (exact) mass is 400 g/mol. The van der Waals surface area contributed by atoms with E-state index in [0.29, 0.717) is 12.2 Å². The predicted molar refractivity (Wildman–Crippen MR) is 93.4 cm³/mol. The van der Waals surface area contributed by atoms with Crippen LogP contribution in [0.25, 0.3) is 0 Å². The van der Waals surface area contributed by atoms with E-state index in [0.717, 1.165) is 11.3 Å². The number of carboxylic acids is 1. The van der Waals surface area contributed by atoms with Crippen molar-refractivity contribution in [2.45, 2.75) is 32.5 Å². The van der Waals surface area contributed by atoms with E-state index in [-0.39, 0.29) is 11.8 Å². The molecule has 4 N–H and O–H groups in total. The van der Waals surface area contributed by atoms with Crippen molar-refractivity contribution in [3.05, 3.63) is 47.7 Å². The number of anilines is 1. The van der Waals surface area contributed by atoms with Crippen LogP contribution in [0.15, 0.2) is 36.4 Å². The van der Waals surface area contributed by atoms with Gasteiger partial charge in [-0.05, 0) is 12.5 Å². The van der Waals surface area contributed by atoms with Crippen LogP contribution in [-0.2, 0) is 20.8 Å². The molecule has 2 aromatic rings. The molecule has 1 aromatic carbocycles. The Balaban J connectivity index is 0.000000480. The van der Waals surface area contributed by atoms with Crippen molar-refractivity contribution in [1.29, 1.82) is 0 Å². The molecule has 0 fully saturated rings. The van der Waals surface area contributed by atoms with Crippen molar-refractivity contribution in [3.63, 3.8) is 0 Å². The molecule has 0 saturated heterocycles. The third-order valence-corrected chi connectivity index (χ3v) is 3.18. The van der Waals surface area contributed by atoms with Gasteiger partial charge in [-0.1, -0.05) is 30.3 Å². The molecule has 152 valence electrons. The summed E-state index contributed by atoms with van der Waals surface area (Å²) < 4.78 is 31.7. The Hall–Kier alpha value is -3.37. The van der Waals surface area contributed by atoms with Gasteiger partial charge in [0.25, 0.3) is 0 Å². The molecule has 2 rings (SSSR count). The summed E-state index contributed by atoms with van der Waals surface area (Å²) in [5.41, 5.74) is 1.83. The SMILES string of the molecule is CC(=O)N[C@@H](Cc1ccccc1)C(=O)Nc1cc(C)[nH]n1.O=C(O)C(F)(F)F. The fourth-order valence-electron chi connectivity index (χ4n) is 2.00. The first-order valence-electron chi connectivity index (χ1n) is 7.93. The number of carbonyl (C=O) groups excluding carboxylic acids is 2. The van der Waals surface area contributed by atoms with Gasteiger partial charge in [0.1, 0.15) is 6.04 Å². The zero-order valence-corrected chi connectivity index (χ0v) is 15.0. The van der Waals surface area contributed by atoms with Gasteiger partial charge in [-0.2, -0.15) is 18.3 Å². The number of aryl methyl sites for hydroxylation is 1. The molecule has 0 spiro atoms. The van der Waals surface area contributed by atoms with Gasteiger partial charge >= 0.3 is 12.1 Å². The highest BCUT2D eigenvalue weighted by molar-refractivity contribution is 5.96. The summed E-state index contributed by atoms with van der Waals surface area (Å²) in [6.45, 7) is 3.24. The molecular formula is C17H19F3N4O4. The fourth-order valence-corrected chi connectivity index (χ4v) is 2.00. The van der Waals surface area contributed by atoms with E-state index in [9.17, 15) is 22.8 Å². The fraction of sp³-hybridized carbons (Fsp3) is 0.294. The number of amides is 2. The van der Waals surface area contributed by atoms with E-state index >= 15 is 0 Å². The predicted octanol–water partition coefficient (Wildman–Crippen LogP) is 2.04. The Labute approximate surface area is 158 Å². The summed E-state index contributed by atoms with van der Waals surface area (Å²) in [5.74, 6) is -2.85. The van der Waals surface area contributed by atoms with Crippen molar-refractivity contribution in [2.75, 3.05) is 5.32 Å². The Morgan fingerprint density at radius 1 is 1.21 bits per heavy atom. The number of benzene rings is 1. The van der Waals surface area contributed by atoms with Crippen LogP contribution in [0.4, 0.5) is 19.0 Å². The lowest BCUT2D eigenvalue weighted by atomic mass is 10.1. The molecule has 0 radical (unpaired) electrons. The average molecular weight is 400 g/mol. The first-order valence-corrected chi connectivity index (χ1v) is 7.93. The minimum absolute atomic E-state index is 0.246. The summed E-state index contributed by atoms with van der Waals surface area (Å²) in [4.78, 5) is 32.5. The van der Waals surface area contributed by atoms with Crippen LogP contribution in [0.2, 0.25) is 0 Å². The van der Waals surface area contributed by atoms with E-state index in [2.05, 4.69) is 20.8 Å². The standard InChI is InChI=1S/C15H18N4O2.C2HF3O2/c1-10-8-14(19-18-10)17-15(21)13(16-11(2)20)9-12-6-4-3-5-7-12;3-2(4,5)1(6)7/h3-8,13H,9H2,1-2H3,(H,16,20)(H2,17,18,19,21);(H,6,7)/t13-;/m0./s1. The highest BCUT2D eigenvalue weighted by Crippen LogP contribution is 2.13. The third-order valence-electron chi connectivity index (χ3n) is 3.18. The van der Waals surface area contributed by atoms with Gasteiger partial charge in [0.2, 0.25) is 11.8 Å². The quantitative estimate of drug-likeness (QED) is 0.611. The number of carboxylic acid groups (broad SMARTS) is 1. The van der Waals surface area contributed by atoms with Gasteiger partial charge in [0, 0.05) is 25.1 Å². The zero-order valence-electron chi connectivity index (χ0n) is 15.0. The largest absolute Gasteiger partial charge is 0.490 e. The average Bonchev–Trinajstić information content (AvgIpc) is 2.99. The molecule has 11 heteroatoms. The van der Waals surface area contributed by atoms with E-state index in [1.54, 1.807) is 6.07 Å². The number of aromatic nitrogens is 2. The molecule has 0 aliphatic heterocycles. The molecule has 0 saturated carbocycles. The van der Waals surface area contributed by atoms with Crippen LogP contribution >= 0.6 is 0 Å². The third kappa shape index (κ3) is 8.34. The number of carbonyl (C=O) groups is 3. The molecule has 1 heterocycles. The normalized spacial score (nSPS) is 11.6. The van der Waals surface area contributed by atoms with Gasteiger partial charge < -0.3 is 15.7 Å². The Bertz CT molecular complexity index is 806. The van der Waals surface area contributed by atoms with Crippen molar-refractivity contribution < 1.29 is 32.7 Å². The summed E-state index contributed by atoms with van der Waals surface area (Å²) in [5, 5.41) is 19.2. The smallest absolute Gasteiger partial charge is 0.475 e. The Morgan fingerprint density at radius 2 is 1.79 bits per heavy atom. The maximum absolute atomic E-state index is 12.3. The van der Waals surface area contributed by atoms with Gasteiger partial charge in [0.05, 0.1) is 0 Å². The maximum atomic E-state index is 12.3. The van der Waals surface area contributed by atoms with E-state index < -0.39 is 18.2 Å². The molecule has 2 amide bonds. The van der Waals surface area contributed by atoms with Crippen LogP contribution in [0.1, 0.15) is 18.2 Å². The van der Waals surface area contributed by atoms with Crippen molar-refractivity contribution in [3.8, 4) is 0 Å². The van der Waals surface area contributed by atoms with E-state index in [4.69, 9.17) is 9.90 Å². The van der Waals surface area contributed by atoms with Gasteiger partial charge in [-0.15, -0.1) is 0 Å². The number of aromatic amines is 1. The first kappa shape index (κ1) is 22.7. The second-order valence-corrected chi connectivity index (χ2v) is 5.67. The molecule has 1 atom stereocenters. The minimum atomic E-state index is -5.08. The summed E-state index contributed by atoms with van der Waals surface area (Å²) in [6.07, 6.45) is -4.66. The number of alkyl halides is 3. The van der Waals surface area contributed by atoms with E-state index in [1.165, 1.54) is 6.92 Å². The Morgan fingerprint density at radius 3 is 2.21 bits per heavy atom. The van der Waals surface area contributed by atoms with E-state index in [1.807, 2.05) is 37.3 Å². The van der Waals surface area contributed by atoms with Crippen molar-refractivity contribution in [1.82, 2.24) is 15.5 Å². The summed E-state index contributed by atoms with van der Waals surface area (Å²) in [6, 6.07) is 10.6. The lowest BCUT2D eigenvalue weighted by Gasteiger charge is -2.16. The number of hydrogen-bond acceptors (Lipinski definition) is 4. The topological polar surface area (TPSA) is 124 Å². The summed E-state index contributed by atoms with van der Waals surface area (Å²) in [7, 11) is 0. The molecule has 0 aliphatic carbocycles. The van der Waals surface area contributed by atoms with Crippen LogP contribution in [0, 0.1) is 6.92 Å². The zero-order chi connectivity index (χ0) is 21.3. The molecule has 1 aromatic heterocycles. The second-order valence-electron chi connectivity index (χ2n) is 5.67. The number of rotatable bonds is 5. The highest BCUT2D eigenvalue weighted by atomic mass is 19.4. The number of H-pyrrole nitrogens is 1. The number of nitrogens with zero attached hydrogens (tertiary/aromatic N) is 1. The number of aliphatic carboxylic acids is 1. The molecule has 28 heavy (non-hydrogen) atoms. The number of nitrogens with one attached hydrogen (secondary N) is 3. The number of halogens is 3. The molecule has 0 unspecified atom stereocenters. The van der Waals surface area contributed by atoms with Gasteiger partial charge in [-0.25, -0.2) is 4.79 Å². The number of hydrogen-bond donors (Lipinski definition) is 4. The molecule has 0 bridgehead atoms. The molecular weight excluding hydrogens is 381 g/mol. The minimum Gasteiger partial charge on any atom is -0.475 e. The molecule has 0 aliphatic rings. The lowest BCUT2D eigenvalue weighted by molar-refractivity contribution is -0.192. The first-order chi connectivity index (χ1) is 13.0. The second kappa shape index (κ2) is 10.1. The van der Waals surface area contributed by atoms with Crippen LogP contribution in [-0.4, -0.2) is 45.3 Å². The van der Waals surface area contributed by atoms with Gasteiger partial charge in [0.15, 0.2) is 5.82 Å². The lowest BCUT2D eigenvalue weighted by Crippen LogP contribution is -2.44. The van der Waals surface area contributed by atoms with Gasteiger partial charge in [-0.3, -0.25) is 14.7 Å². The molecule has 8 nitrogen and oxygen atoms in total. The van der Waals surface area contributed by atoms with Crippen LogP contribution in [0.5, 0.6) is 0 Å². The summed E-state index contributed by atoms with van der Waals surface area (Å²) >= 11 is 0. The van der Waals surface area contributed by atoms with Crippen molar-refractivity contribution in [2.24, 2.45) is 0 Å². The van der Waals surface area contributed by atoms with Crippen LogP contribution < -0.4 is 10.6 Å². The van der Waals surface area contributed by atoms with Crippen LogP contribution in [0.3, 0.4) is 0 Å². The Kier molecular flexibility index (Phi) is 8.17. The maximum Gasteiger partial charge on any atom is 0.490 e. The van der Waals surface area contributed by atoms with Crippen molar-refractivity contribution >= 4 is 23.6 Å². The highest BCUT2D eigenvalue weighted by Gasteiger charge is 2.38.